The van der Waals surface area contributed by atoms with Gasteiger partial charge in [-0.25, -0.2) is 0 Å². The van der Waals surface area contributed by atoms with E-state index in [1.807, 2.05) is 55.1 Å². The van der Waals surface area contributed by atoms with Gasteiger partial charge < -0.3 is 19.3 Å². The van der Waals surface area contributed by atoms with Crippen LogP contribution in [0, 0.1) is 13.8 Å². The first-order chi connectivity index (χ1) is 16.9. The molecule has 0 aliphatic carbocycles. The second-order valence-corrected chi connectivity index (χ2v) is 8.80. The lowest BCUT2D eigenvalue weighted by Gasteiger charge is -2.23. The number of carbonyl (C=O) groups excluding carboxylic acids is 1. The summed E-state index contributed by atoms with van der Waals surface area (Å²) >= 11 is 0. The molecule has 0 unspecified atom stereocenters. The number of anilines is 1. The van der Waals surface area contributed by atoms with Gasteiger partial charge in [-0.1, -0.05) is 12.1 Å². The van der Waals surface area contributed by atoms with Gasteiger partial charge in [0.25, 0.3) is 5.56 Å². The lowest BCUT2D eigenvalue weighted by Crippen LogP contribution is -2.36. The Morgan fingerprint density at radius 2 is 1.69 bits per heavy atom. The van der Waals surface area contributed by atoms with Gasteiger partial charge in [-0.2, -0.15) is 4.68 Å². The number of ether oxygens (including phenoxy) is 2. The maximum Gasteiger partial charge on any atom is 0.271 e. The molecule has 1 saturated heterocycles. The minimum atomic E-state index is -0.168. The molecule has 8 heteroatoms. The van der Waals surface area contributed by atoms with Crippen molar-refractivity contribution < 1.29 is 14.3 Å². The molecule has 3 aromatic rings. The Labute approximate surface area is 205 Å². The van der Waals surface area contributed by atoms with Crippen LogP contribution < -0.4 is 19.9 Å². The standard InChI is InChI=1S/C27H32N4O4/c1-19-6-8-22(16-20(19)2)31-26(32)11-10-25(28-31)29-12-5-13-30(15-14-29)27(33)18-21-7-9-23(34-3)24(17-21)35-4/h6-11,16-17H,5,12-15,18H2,1-4H3. The minimum Gasteiger partial charge on any atom is -0.493 e. The molecule has 1 amide bonds. The average molecular weight is 477 g/mol. The van der Waals surface area contributed by atoms with Crippen LogP contribution in [-0.4, -0.2) is 61.0 Å². The molecule has 0 radical (unpaired) electrons. The van der Waals surface area contributed by atoms with E-state index in [1.165, 1.54) is 10.2 Å². The maximum atomic E-state index is 13.0. The van der Waals surface area contributed by atoms with E-state index >= 15 is 0 Å². The van der Waals surface area contributed by atoms with Crippen LogP contribution in [0.15, 0.2) is 53.3 Å². The molecule has 184 valence electrons. The van der Waals surface area contributed by atoms with Gasteiger partial charge in [-0.15, -0.1) is 5.10 Å². The number of benzene rings is 2. The van der Waals surface area contributed by atoms with Gasteiger partial charge in [-0.05, 0) is 67.3 Å². The summed E-state index contributed by atoms with van der Waals surface area (Å²) in [7, 11) is 3.18. The third-order valence-electron chi connectivity index (χ3n) is 6.50. The van der Waals surface area contributed by atoms with Crippen LogP contribution in [0.4, 0.5) is 5.82 Å². The zero-order chi connectivity index (χ0) is 24.9. The third-order valence-corrected chi connectivity index (χ3v) is 6.50. The number of methoxy groups -OCH3 is 2. The third kappa shape index (κ3) is 5.48. The Kier molecular flexibility index (Phi) is 7.39. The van der Waals surface area contributed by atoms with Crippen molar-refractivity contribution in [3.8, 4) is 17.2 Å². The molecular weight excluding hydrogens is 444 g/mol. The highest BCUT2D eigenvalue weighted by atomic mass is 16.5. The molecule has 4 rings (SSSR count). The number of nitrogens with zero attached hydrogens (tertiary/aromatic N) is 4. The minimum absolute atomic E-state index is 0.0760. The van der Waals surface area contributed by atoms with Crippen LogP contribution in [0.1, 0.15) is 23.1 Å². The van der Waals surface area contributed by atoms with Crippen molar-refractivity contribution in [1.29, 1.82) is 0 Å². The molecule has 2 heterocycles. The Bertz CT molecular complexity index is 1270. The van der Waals surface area contributed by atoms with Crippen molar-refractivity contribution in [3.05, 3.63) is 75.6 Å². The summed E-state index contributed by atoms with van der Waals surface area (Å²) in [4.78, 5) is 29.6. The summed E-state index contributed by atoms with van der Waals surface area (Å²) in [5, 5.41) is 4.65. The zero-order valence-electron chi connectivity index (χ0n) is 20.8. The van der Waals surface area contributed by atoms with E-state index in [0.717, 1.165) is 35.6 Å². The van der Waals surface area contributed by atoms with E-state index in [0.29, 0.717) is 37.6 Å². The van der Waals surface area contributed by atoms with Gasteiger partial charge in [-0.3, -0.25) is 9.59 Å². The molecule has 8 nitrogen and oxygen atoms in total. The number of rotatable bonds is 6. The molecule has 1 aliphatic heterocycles. The second-order valence-electron chi connectivity index (χ2n) is 8.80. The predicted molar refractivity (Wildman–Crippen MR) is 136 cm³/mol. The van der Waals surface area contributed by atoms with Gasteiger partial charge in [0.15, 0.2) is 11.5 Å². The highest BCUT2D eigenvalue weighted by molar-refractivity contribution is 5.79. The van der Waals surface area contributed by atoms with Crippen molar-refractivity contribution in [1.82, 2.24) is 14.7 Å². The molecule has 1 fully saturated rings. The fourth-order valence-corrected chi connectivity index (χ4v) is 4.29. The smallest absolute Gasteiger partial charge is 0.271 e. The molecule has 1 aliphatic rings. The zero-order valence-corrected chi connectivity index (χ0v) is 20.8. The molecule has 0 spiro atoms. The van der Waals surface area contributed by atoms with E-state index in [9.17, 15) is 9.59 Å². The van der Waals surface area contributed by atoms with Crippen LogP contribution in [0.3, 0.4) is 0 Å². The summed E-state index contributed by atoms with van der Waals surface area (Å²) < 4.78 is 12.1. The van der Waals surface area contributed by atoms with Gasteiger partial charge >= 0.3 is 0 Å². The van der Waals surface area contributed by atoms with E-state index in [2.05, 4.69) is 10.00 Å². The summed E-state index contributed by atoms with van der Waals surface area (Å²) in [6.45, 7) is 6.75. The monoisotopic (exact) mass is 476 g/mol. The van der Waals surface area contributed by atoms with E-state index in [4.69, 9.17) is 9.47 Å². The number of hydrogen-bond acceptors (Lipinski definition) is 6. The molecule has 2 aromatic carbocycles. The first kappa shape index (κ1) is 24.3. The SMILES string of the molecule is COc1ccc(CC(=O)N2CCCN(c3ccc(=O)n(-c4ccc(C)c(C)c4)n3)CC2)cc1OC. The van der Waals surface area contributed by atoms with Crippen LogP contribution >= 0.6 is 0 Å². The Balaban J connectivity index is 1.46. The second kappa shape index (κ2) is 10.6. The molecule has 0 N–H and O–H groups in total. The van der Waals surface area contributed by atoms with Crippen molar-refractivity contribution in [2.24, 2.45) is 0 Å². The largest absolute Gasteiger partial charge is 0.493 e. The molecule has 1 aromatic heterocycles. The first-order valence-electron chi connectivity index (χ1n) is 11.8. The molecule has 35 heavy (non-hydrogen) atoms. The lowest BCUT2D eigenvalue weighted by molar-refractivity contribution is -0.130. The predicted octanol–water partition coefficient (Wildman–Crippen LogP) is 3.15. The maximum absolute atomic E-state index is 13.0. The topological polar surface area (TPSA) is 76.9 Å². The molecule has 0 saturated carbocycles. The summed E-state index contributed by atoms with van der Waals surface area (Å²) in [6, 6.07) is 14.8. The van der Waals surface area contributed by atoms with Crippen molar-refractivity contribution in [2.75, 3.05) is 45.3 Å². The summed E-state index contributed by atoms with van der Waals surface area (Å²) in [6.07, 6.45) is 1.12. The van der Waals surface area contributed by atoms with Crippen LogP contribution in [0.2, 0.25) is 0 Å². The molecule has 0 atom stereocenters. The number of aromatic nitrogens is 2. The highest BCUT2D eigenvalue weighted by Crippen LogP contribution is 2.28. The van der Waals surface area contributed by atoms with Crippen molar-refractivity contribution >= 4 is 11.7 Å². The normalized spacial score (nSPS) is 13.9. The molecular formula is C27H32N4O4. The number of amides is 1. The van der Waals surface area contributed by atoms with Crippen molar-refractivity contribution in [2.45, 2.75) is 26.7 Å². The van der Waals surface area contributed by atoms with Gasteiger partial charge in [0.2, 0.25) is 5.91 Å². The Morgan fingerprint density at radius 1 is 0.886 bits per heavy atom. The Hall–Kier alpha value is -3.81. The fraction of sp³-hybridized carbons (Fsp3) is 0.370. The fourth-order valence-electron chi connectivity index (χ4n) is 4.29. The van der Waals surface area contributed by atoms with Crippen molar-refractivity contribution in [3.63, 3.8) is 0 Å². The van der Waals surface area contributed by atoms with Crippen LogP contribution in [-0.2, 0) is 11.2 Å². The number of carbonyl (C=O) groups is 1. The van der Waals surface area contributed by atoms with E-state index < -0.39 is 0 Å². The number of hydrogen-bond donors (Lipinski definition) is 0. The molecule has 0 bridgehead atoms. The van der Waals surface area contributed by atoms with Gasteiger partial charge in [0, 0.05) is 32.2 Å². The summed E-state index contributed by atoms with van der Waals surface area (Å²) in [5.41, 5.74) is 3.75. The quantitative estimate of drug-likeness (QED) is 0.544. The van der Waals surface area contributed by atoms with E-state index in [1.54, 1.807) is 26.4 Å². The first-order valence-corrected chi connectivity index (χ1v) is 11.8. The van der Waals surface area contributed by atoms with E-state index in [-0.39, 0.29) is 11.5 Å². The van der Waals surface area contributed by atoms with Gasteiger partial charge in [0.1, 0.15) is 5.82 Å². The lowest BCUT2D eigenvalue weighted by atomic mass is 10.1. The Morgan fingerprint density at radius 3 is 2.43 bits per heavy atom. The highest BCUT2D eigenvalue weighted by Gasteiger charge is 2.21. The number of aryl methyl sites for hydroxylation is 2. The van der Waals surface area contributed by atoms with Crippen LogP contribution in [0.25, 0.3) is 5.69 Å². The van der Waals surface area contributed by atoms with Crippen LogP contribution in [0.5, 0.6) is 11.5 Å². The summed E-state index contributed by atoms with van der Waals surface area (Å²) in [5.74, 6) is 2.07. The van der Waals surface area contributed by atoms with Gasteiger partial charge in [0.05, 0.1) is 26.3 Å². The average Bonchev–Trinajstić information content (AvgIpc) is 3.12.